The number of hydrogen-bond acceptors (Lipinski definition) is 4. The fourth-order valence-corrected chi connectivity index (χ4v) is 4.10. The van der Waals surface area contributed by atoms with Crippen LogP contribution in [0, 0.1) is 6.92 Å². The van der Waals surface area contributed by atoms with Gasteiger partial charge in [0.25, 0.3) is 0 Å². The van der Waals surface area contributed by atoms with Crippen molar-refractivity contribution >= 4 is 11.8 Å². The van der Waals surface area contributed by atoms with Crippen LogP contribution < -0.4 is 11.0 Å². The second-order valence-electron chi connectivity index (χ2n) is 7.25. The maximum atomic E-state index is 12.9. The third-order valence-corrected chi connectivity index (χ3v) is 5.44. The third-order valence-electron chi connectivity index (χ3n) is 5.44. The first kappa shape index (κ1) is 17.5. The third kappa shape index (κ3) is 3.39. The van der Waals surface area contributed by atoms with Crippen LogP contribution in [0.5, 0.6) is 0 Å². The van der Waals surface area contributed by atoms with Gasteiger partial charge in [-0.05, 0) is 25.3 Å². The van der Waals surface area contributed by atoms with Gasteiger partial charge in [0.2, 0.25) is 11.8 Å². The number of carbonyl (C=O) groups is 2. The van der Waals surface area contributed by atoms with Crippen LogP contribution >= 0.6 is 0 Å². The molecule has 0 radical (unpaired) electrons. The lowest BCUT2D eigenvalue weighted by Gasteiger charge is -2.27. The van der Waals surface area contributed by atoms with Crippen LogP contribution in [0.15, 0.2) is 35.1 Å². The summed E-state index contributed by atoms with van der Waals surface area (Å²) < 4.78 is 2.81. The fourth-order valence-electron chi connectivity index (χ4n) is 4.10. The van der Waals surface area contributed by atoms with Crippen molar-refractivity contribution in [1.82, 2.24) is 24.6 Å². The van der Waals surface area contributed by atoms with E-state index in [-0.39, 0.29) is 36.1 Å². The number of rotatable bonds is 4. The molecule has 1 aromatic heterocycles. The van der Waals surface area contributed by atoms with Crippen LogP contribution in [0.25, 0.3) is 0 Å². The highest BCUT2D eigenvalue weighted by Gasteiger charge is 2.40. The Balaban J connectivity index is 1.53. The molecule has 1 N–H and O–H groups in total. The van der Waals surface area contributed by atoms with Crippen LogP contribution in [0.3, 0.4) is 0 Å². The number of aromatic nitrogens is 3. The molecule has 2 fully saturated rings. The Morgan fingerprint density at radius 3 is 2.70 bits per heavy atom. The first-order chi connectivity index (χ1) is 13.0. The summed E-state index contributed by atoms with van der Waals surface area (Å²) in [4.78, 5) is 39.2. The van der Waals surface area contributed by atoms with Gasteiger partial charge >= 0.3 is 5.69 Å². The SMILES string of the molecule is Cc1nn(CC(=O)N2[C@@H]3CC[C@H]2CNC(=O)C3)c(=O)n1Cc1ccccc1. The zero-order valence-electron chi connectivity index (χ0n) is 15.3. The number of aryl methyl sites for hydroxylation is 1. The summed E-state index contributed by atoms with van der Waals surface area (Å²) >= 11 is 0. The molecule has 0 spiro atoms. The predicted octanol–water partition coefficient (Wildman–Crippen LogP) is 0.281. The Bertz CT molecular complexity index is 917. The van der Waals surface area contributed by atoms with Crippen molar-refractivity contribution in [3.05, 3.63) is 52.2 Å². The smallest absolute Gasteiger partial charge is 0.346 e. The fraction of sp³-hybridized carbons (Fsp3) is 0.474. The van der Waals surface area contributed by atoms with Crippen molar-refractivity contribution in [2.24, 2.45) is 0 Å². The van der Waals surface area contributed by atoms with Crippen molar-refractivity contribution in [3.63, 3.8) is 0 Å². The average molecular weight is 369 g/mol. The van der Waals surface area contributed by atoms with Gasteiger partial charge in [0.15, 0.2) is 0 Å². The molecule has 142 valence electrons. The highest BCUT2D eigenvalue weighted by molar-refractivity contribution is 5.81. The minimum Gasteiger partial charge on any atom is -0.354 e. The number of benzene rings is 1. The molecule has 27 heavy (non-hydrogen) atoms. The van der Waals surface area contributed by atoms with Crippen LogP contribution in [-0.4, -0.2) is 49.7 Å². The second-order valence-corrected chi connectivity index (χ2v) is 7.25. The highest BCUT2D eigenvalue weighted by atomic mass is 16.2. The van der Waals surface area contributed by atoms with Crippen LogP contribution in [0.2, 0.25) is 0 Å². The molecule has 8 nitrogen and oxygen atoms in total. The van der Waals surface area contributed by atoms with E-state index in [1.54, 1.807) is 16.4 Å². The van der Waals surface area contributed by atoms with Crippen LogP contribution in [0.1, 0.15) is 30.7 Å². The van der Waals surface area contributed by atoms with Gasteiger partial charge in [0, 0.05) is 25.0 Å². The van der Waals surface area contributed by atoms with Gasteiger partial charge in [-0.25, -0.2) is 9.48 Å². The molecule has 0 saturated carbocycles. The monoisotopic (exact) mass is 369 g/mol. The molecular weight excluding hydrogens is 346 g/mol. The van der Waals surface area contributed by atoms with Gasteiger partial charge in [0.05, 0.1) is 6.54 Å². The summed E-state index contributed by atoms with van der Waals surface area (Å²) in [5, 5.41) is 7.14. The number of carbonyl (C=O) groups excluding carboxylic acids is 2. The number of nitrogens with one attached hydrogen (secondary N) is 1. The zero-order valence-corrected chi connectivity index (χ0v) is 15.3. The van der Waals surface area contributed by atoms with E-state index in [2.05, 4.69) is 10.4 Å². The predicted molar refractivity (Wildman–Crippen MR) is 98.1 cm³/mol. The quantitative estimate of drug-likeness (QED) is 0.838. The molecule has 0 aliphatic carbocycles. The Labute approximate surface area is 156 Å². The summed E-state index contributed by atoms with van der Waals surface area (Å²) in [5.74, 6) is 0.415. The lowest BCUT2D eigenvalue weighted by molar-refractivity contribution is -0.134. The minimum absolute atomic E-state index is 0.0113. The van der Waals surface area contributed by atoms with Crippen LogP contribution in [0.4, 0.5) is 0 Å². The molecule has 4 rings (SSSR count). The molecule has 2 aliphatic rings. The summed E-state index contributed by atoms with van der Waals surface area (Å²) in [6.07, 6.45) is 2.05. The van der Waals surface area contributed by atoms with Crippen molar-refractivity contribution in [2.75, 3.05) is 6.54 Å². The summed E-state index contributed by atoms with van der Waals surface area (Å²) in [6, 6.07) is 9.62. The molecule has 2 atom stereocenters. The van der Waals surface area contributed by atoms with Gasteiger partial charge in [-0.2, -0.15) is 5.10 Å². The van der Waals surface area contributed by atoms with E-state index in [0.29, 0.717) is 25.3 Å². The first-order valence-electron chi connectivity index (χ1n) is 9.29. The molecule has 8 heteroatoms. The van der Waals surface area contributed by atoms with Crippen LogP contribution in [-0.2, 0) is 22.7 Å². The molecule has 2 aliphatic heterocycles. The van der Waals surface area contributed by atoms with Crippen molar-refractivity contribution in [1.29, 1.82) is 0 Å². The molecule has 2 bridgehead atoms. The molecule has 3 heterocycles. The Kier molecular flexibility index (Phi) is 4.55. The lowest BCUT2D eigenvalue weighted by Crippen LogP contribution is -2.45. The Morgan fingerprint density at radius 1 is 1.19 bits per heavy atom. The molecule has 2 saturated heterocycles. The van der Waals surface area contributed by atoms with Crippen molar-refractivity contribution in [3.8, 4) is 0 Å². The number of nitrogens with zero attached hydrogens (tertiary/aromatic N) is 4. The maximum absolute atomic E-state index is 12.9. The summed E-state index contributed by atoms with van der Waals surface area (Å²) in [6.45, 7) is 2.58. The Hall–Kier alpha value is -2.90. The van der Waals surface area contributed by atoms with E-state index in [1.165, 1.54) is 4.68 Å². The minimum atomic E-state index is -0.291. The summed E-state index contributed by atoms with van der Waals surface area (Å²) in [7, 11) is 0. The van der Waals surface area contributed by atoms with Gasteiger partial charge in [-0.3, -0.25) is 14.2 Å². The number of amides is 2. The van der Waals surface area contributed by atoms with Gasteiger partial charge in [-0.15, -0.1) is 0 Å². The number of fused-ring (bicyclic) bond motifs is 2. The standard InChI is InChI=1S/C19H23N5O3/c1-13-21-23(19(27)22(13)11-14-5-3-2-4-6-14)12-18(26)24-15-7-8-16(24)10-20-17(25)9-15/h2-6,15-16H,7-12H2,1H3,(H,20,25)/t15-,16+/m1/s1. The lowest BCUT2D eigenvalue weighted by atomic mass is 10.1. The molecule has 2 amide bonds. The second kappa shape index (κ2) is 7.02. The van der Waals surface area contributed by atoms with Gasteiger partial charge in [-0.1, -0.05) is 30.3 Å². The van der Waals surface area contributed by atoms with E-state index in [0.717, 1.165) is 18.4 Å². The molecule has 2 aromatic rings. The van der Waals surface area contributed by atoms with Gasteiger partial charge < -0.3 is 10.2 Å². The van der Waals surface area contributed by atoms with Gasteiger partial charge in [0.1, 0.15) is 12.4 Å². The Morgan fingerprint density at radius 2 is 1.93 bits per heavy atom. The van der Waals surface area contributed by atoms with E-state index in [9.17, 15) is 14.4 Å². The zero-order chi connectivity index (χ0) is 19.0. The largest absolute Gasteiger partial charge is 0.354 e. The maximum Gasteiger partial charge on any atom is 0.346 e. The highest BCUT2D eigenvalue weighted by Crippen LogP contribution is 2.28. The summed E-state index contributed by atoms with van der Waals surface area (Å²) in [5.41, 5.74) is 0.713. The van der Waals surface area contributed by atoms with E-state index in [4.69, 9.17) is 0 Å². The normalized spacial score (nSPS) is 21.8. The topological polar surface area (TPSA) is 89.2 Å². The number of hydrogen-bond donors (Lipinski definition) is 1. The molecular formula is C19H23N5O3. The first-order valence-corrected chi connectivity index (χ1v) is 9.29. The van der Waals surface area contributed by atoms with E-state index < -0.39 is 0 Å². The van der Waals surface area contributed by atoms with E-state index >= 15 is 0 Å². The molecule has 1 aromatic carbocycles. The molecule has 0 unspecified atom stereocenters. The van der Waals surface area contributed by atoms with Crippen molar-refractivity contribution in [2.45, 2.75) is 51.4 Å². The van der Waals surface area contributed by atoms with E-state index in [1.807, 2.05) is 30.3 Å². The average Bonchev–Trinajstić information content (AvgIpc) is 3.10. The van der Waals surface area contributed by atoms with Crippen molar-refractivity contribution < 1.29 is 9.59 Å².